The number of rotatable bonds is 9. The number of hydrogen-bond donors (Lipinski definition) is 2. The molecule has 1 atom stereocenters. The van der Waals surface area contributed by atoms with Gasteiger partial charge in [-0.15, -0.1) is 0 Å². The molecule has 18 heavy (non-hydrogen) atoms. The summed E-state index contributed by atoms with van der Waals surface area (Å²) in [5, 5.41) is 9.88. The Morgan fingerprint density at radius 1 is 1.39 bits per heavy atom. The van der Waals surface area contributed by atoms with Crippen LogP contribution in [0.25, 0.3) is 0 Å². The molecule has 108 valence electrons. The van der Waals surface area contributed by atoms with Crippen molar-refractivity contribution in [1.29, 1.82) is 0 Å². The van der Waals surface area contributed by atoms with Crippen molar-refractivity contribution < 1.29 is 9.84 Å². The van der Waals surface area contributed by atoms with E-state index in [4.69, 9.17) is 10.5 Å². The summed E-state index contributed by atoms with van der Waals surface area (Å²) < 4.78 is 5.44. The second kappa shape index (κ2) is 9.73. The van der Waals surface area contributed by atoms with E-state index in [1.165, 1.54) is 12.8 Å². The minimum atomic E-state index is -0.340. The minimum absolute atomic E-state index is 0.340. The molecule has 0 amide bonds. The van der Waals surface area contributed by atoms with E-state index in [0.717, 1.165) is 58.0 Å². The first-order valence-corrected chi connectivity index (χ1v) is 7.44. The average Bonchev–Trinajstić information content (AvgIpc) is 2.37. The molecule has 1 fully saturated rings. The van der Waals surface area contributed by atoms with E-state index in [-0.39, 0.29) is 6.10 Å². The van der Waals surface area contributed by atoms with Crippen molar-refractivity contribution in [1.82, 2.24) is 4.90 Å². The summed E-state index contributed by atoms with van der Waals surface area (Å²) >= 11 is 0. The monoisotopic (exact) mass is 258 g/mol. The molecule has 1 saturated heterocycles. The fourth-order valence-electron chi connectivity index (χ4n) is 2.51. The van der Waals surface area contributed by atoms with E-state index in [0.29, 0.717) is 6.61 Å². The van der Waals surface area contributed by atoms with E-state index in [2.05, 4.69) is 11.8 Å². The van der Waals surface area contributed by atoms with Crippen LogP contribution in [0.1, 0.15) is 39.0 Å². The maximum atomic E-state index is 9.88. The van der Waals surface area contributed by atoms with Crippen molar-refractivity contribution in [3.05, 3.63) is 0 Å². The highest BCUT2D eigenvalue weighted by molar-refractivity contribution is 4.74. The van der Waals surface area contributed by atoms with E-state index in [9.17, 15) is 5.11 Å². The van der Waals surface area contributed by atoms with Gasteiger partial charge in [-0.2, -0.15) is 0 Å². The Bertz CT molecular complexity index is 194. The Labute approximate surface area is 111 Å². The fraction of sp³-hybridized carbons (Fsp3) is 1.00. The van der Waals surface area contributed by atoms with Crippen molar-refractivity contribution in [2.75, 3.05) is 39.4 Å². The lowest BCUT2D eigenvalue weighted by Gasteiger charge is -2.33. The number of β-amino-alcohol motifs (C(OH)–C–C–N with tert-alkyl or cyclic N) is 1. The second-order valence-electron chi connectivity index (χ2n) is 5.40. The summed E-state index contributed by atoms with van der Waals surface area (Å²) in [6.07, 6.45) is 5.48. The highest BCUT2D eigenvalue weighted by Gasteiger charge is 2.20. The van der Waals surface area contributed by atoms with Crippen LogP contribution in [0.3, 0.4) is 0 Å². The average molecular weight is 258 g/mol. The highest BCUT2D eigenvalue weighted by atomic mass is 16.5. The Hall–Kier alpha value is -0.160. The van der Waals surface area contributed by atoms with Crippen LogP contribution in [-0.2, 0) is 4.74 Å². The molecule has 4 heteroatoms. The van der Waals surface area contributed by atoms with Gasteiger partial charge in [0, 0.05) is 13.2 Å². The standard InChI is InChI=1S/C14H30N2O2/c1-2-3-10-18-12-14(17)11-16-8-5-13(4-7-15)6-9-16/h13-14,17H,2-12,15H2,1H3. The van der Waals surface area contributed by atoms with E-state index in [1.54, 1.807) is 0 Å². The number of ether oxygens (including phenoxy) is 1. The third kappa shape index (κ3) is 6.69. The molecule has 0 bridgehead atoms. The third-order valence-corrected chi connectivity index (χ3v) is 3.70. The number of nitrogens with zero attached hydrogens (tertiary/aromatic N) is 1. The molecule has 0 radical (unpaired) electrons. The maximum absolute atomic E-state index is 9.88. The van der Waals surface area contributed by atoms with Crippen LogP contribution in [0.4, 0.5) is 0 Å². The topological polar surface area (TPSA) is 58.7 Å². The van der Waals surface area contributed by atoms with Crippen LogP contribution < -0.4 is 5.73 Å². The zero-order valence-electron chi connectivity index (χ0n) is 11.8. The Morgan fingerprint density at radius 3 is 2.72 bits per heavy atom. The van der Waals surface area contributed by atoms with Crippen LogP contribution in [0.15, 0.2) is 0 Å². The van der Waals surface area contributed by atoms with Crippen molar-refractivity contribution in [3.63, 3.8) is 0 Å². The van der Waals surface area contributed by atoms with Crippen LogP contribution in [0.2, 0.25) is 0 Å². The maximum Gasteiger partial charge on any atom is 0.0900 e. The number of nitrogens with two attached hydrogens (primary N) is 1. The first-order valence-electron chi connectivity index (χ1n) is 7.44. The van der Waals surface area contributed by atoms with Gasteiger partial charge in [0.05, 0.1) is 12.7 Å². The molecule has 1 aliphatic heterocycles. The van der Waals surface area contributed by atoms with E-state index in [1.807, 2.05) is 0 Å². The van der Waals surface area contributed by atoms with Gasteiger partial charge in [0.25, 0.3) is 0 Å². The van der Waals surface area contributed by atoms with E-state index < -0.39 is 0 Å². The predicted molar refractivity (Wildman–Crippen MR) is 74.6 cm³/mol. The molecule has 0 aromatic heterocycles. The Morgan fingerprint density at radius 2 is 2.11 bits per heavy atom. The molecular weight excluding hydrogens is 228 g/mol. The van der Waals surface area contributed by atoms with Gasteiger partial charge in [-0.1, -0.05) is 13.3 Å². The minimum Gasteiger partial charge on any atom is -0.389 e. The van der Waals surface area contributed by atoms with Gasteiger partial charge >= 0.3 is 0 Å². The summed E-state index contributed by atoms with van der Waals surface area (Å²) in [5.41, 5.74) is 5.58. The zero-order valence-corrected chi connectivity index (χ0v) is 11.8. The van der Waals surface area contributed by atoms with Crippen LogP contribution in [0.5, 0.6) is 0 Å². The molecule has 1 rings (SSSR count). The molecule has 4 nitrogen and oxygen atoms in total. The normalized spacial score (nSPS) is 20.2. The van der Waals surface area contributed by atoms with Gasteiger partial charge in [0.2, 0.25) is 0 Å². The third-order valence-electron chi connectivity index (χ3n) is 3.70. The van der Waals surface area contributed by atoms with Crippen molar-refractivity contribution in [2.24, 2.45) is 11.7 Å². The van der Waals surface area contributed by atoms with Gasteiger partial charge in [-0.25, -0.2) is 0 Å². The Kier molecular flexibility index (Phi) is 8.59. The molecule has 0 aromatic rings. The first-order chi connectivity index (χ1) is 8.76. The molecule has 0 aromatic carbocycles. The first kappa shape index (κ1) is 15.9. The molecule has 1 heterocycles. The quantitative estimate of drug-likeness (QED) is 0.611. The van der Waals surface area contributed by atoms with Crippen molar-refractivity contribution in [3.8, 4) is 0 Å². The lowest BCUT2D eigenvalue weighted by Crippen LogP contribution is -2.40. The number of likely N-dealkylation sites (tertiary alicyclic amines) is 1. The number of aliphatic hydroxyl groups is 1. The lowest BCUT2D eigenvalue weighted by molar-refractivity contribution is 0.00975. The molecule has 0 spiro atoms. The number of unbranched alkanes of at least 4 members (excludes halogenated alkanes) is 1. The van der Waals surface area contributed by atoms with Gasteiger partial charge in [0.1, 0.15) is 0 Å². The highest BCUT2D eigenvalue weighted by Crippen LogP contribution is 2.19. The summed E-state index contributed by atoms with van der Waals surface area (Å²) in [6, 6.07) is 0. The van der Waals surface area contributed by atoms with Gasteiger partial charge in [-0.05, 0) is 51.2 Å². The van der Waals surface area contributed by atoms with Crippen molar-refractivity contribution >= 4 is 0 Å². The number of aliphatic hydroxyl groups excluding tert-OH is 1. The number of piperidine rings is 1. The lowest BCUT2D eigenvalue weighted by atomic mass is 9.93. The molecule has 0 saturated carbocycles. The zero-order chi connectivity index (χ0) is 13.2. The summed E-state index contributed by atoms with van der Waals surface area (Å²) in [6.45, 7) is 7.13. The predicted octanol–water partition coefficient (Wildman–Crippen LogP) is 1.22. The van der Waals surface area contributed by atoms with Crippen molar-refractivity contribution in [2.45, 2.75) is 45.1 Å². The Balaban J connectivity index is 2.05. The van der Waals surface area contributed by atoms with Gasteiger partial charge in [0.15, 0.2) is 0 Å². The molecule has 0 aliphatic carbocycles. The summed E-state index contributed by atoms with van der Waals surface area (Å²) in [4.78, 5) is 2.35. The van der Waals surface area contributed by atoms with Crippen LogP contribution >= 0.6 is 0 Å². The van der Waals surface area contributed by atoms with E-state index >= 15 is 0 Å². The largest absolute Gasteiger partial charge is 0.389 e. The van der Waals surface area contributed by atoms with Gasteiger partial charge in [-0.3, -0.25) is 0 Å². The number of hydrogen-bond acceptors (Lipinski definition) is 4. The molecule has 3 N–H and O–H groups in total. The van der Waals surface area contributed by atoms with Crippen LogP contribution in [-0.4, -0.2) is 55.5 Å². The molecule has 1 unspecified atom stereocenters. The van der Waals surface area contributed by atoms with Gasteiger partial charge < -0.3 is 20.5 Å². The fourth-order valence-corrected chi connectivity index (χ4v) is 2.51. The van der Waals surface area contributed by atoms with Crippen LogP contribution in [0, 0.1) is 5.92 Å². The second-order valence-corrected chi connectivity index (χ2v) is 5.40. The molecular formula is C14H30N2O2. The molecule has 1 aliphatic rings. The summed E-state index contributed by atoms with van der Waals surface area (Å²) in [5.74, 6) is 0.796. The smallest absolute Gasteiger partial charge is 0.0900 e. The summed E-state index contributed by atoms with van der Waals surface area (Å²) in [7, 11) is 0. The SMILES string of the molecule is CCCCOCC(O)CN1CCC(CCN)CC1.